The molecule has 0 unspecified atom stereocenters. The van der Waals surface area contributed by atoms with Gasteiger partial charge in [0.05, 0.1) is 6.10 Å². The van der Waals surface area contributed by atoms with Gasteiger partial charge in [0, 0.05) is 60.7 Å². The highest BCUT2D eigenvalue weighted by Crippen LogP contribution is 2.40. The van der Waals surface area contributed by atoms with Crippen LogP contribution < -0.4 is 5.32 Å². The molecule has 6 heteroatoms. The van der Waals surface area contributed by atoms with Crippen molar-refractivity contribution in [2.24, 2.45) is 10.4 Å². The van der Waals surface area contributed by atoms with Gasteiger partial charge >= 0.3 is 0 Å². The van der Waals surface area contributed by atoms with Crippen LogP contribution in [0.3, 0.4) is 0 Å². The zero-order valence-corrected chi connectivity index (χ0v) is 17.1. The van der Waals surface area contributed by atoms with Gasteiger partial charge in [-0.1, -0.05) is 12.8 Å². The summed E-state index contributed by atoms with van der Waals surface area (Å²) >= 11 is 0. The van der Waals surface area contributed by atoms with E-state index in [9.17, 15) is 0 Å². The quantitative estimate of drug-likeness (QED) is 0.364. The second-order valence-corrected chi connectivity index (χ2v) is 7.75. The molecule has 26 heavy (non-hydrogen) atoms. The Labute approximate surface area is 159 Å². The van der Waals surface area contributed by atoms with Gasteiger partial charge in [-0.25, -0.2) is 0 Å². The van der Waals surface area contributed by atoms with Crippen molar-refractivity contribution in [2.45, 2.75) is 57.5 Å². The van der Waals surface area contributed by atoms with Gasteiger partial charge < -0.3 is 24.4 Å². The fraction of sp³-hybridized carbons (Fsp3) is 0.950. The molecule has 2 fully saturated rings. The molecule has 0 aromatic carbocycles. The highest BCUT2D eigenvalue weighted by Gasteiger charge is 2.34. The first-order valence-corrected chi connectivity index (χ1v) is 10.3. The molecular formula is C20H39N3O3. The van der Waals surface area contributed by atoms with Crippen LogP contribution in [0.25, 0.3) is 0 Å². The first-order chi connectivity index (χ1) is 12.7. The summed E-state index contributed by atoms with van der Waals surface area (Å²) in [6, 6.07) is 0. The van der Waals surface area contributed by atoms with Crippen LogP contribution >= 0.6 is 0 Å². The normalized spacial score (nSPS) is 21.3. The molecule has 2 aliphatic rings. The number of nitrogens with zero attached hydrogens (tertiary/aromatic N) is 2. The molecule has 0 radical (unpaired) electrons. The maximum absolute atomic E-state index is 5.97. The fourth-order valence-corrected chi connectivity index (χ4v) is 4.25. The number of methoxy groups -OCH3 is 2. The summed E-state index contributed by atoms with van der Waals surface area (Å²) in [5, 5.41) is 3.67. The number of ether oxygens (including phenoxy) is 3. The summed E-state index contributed by atoms with van der Waals surface area (Å²) in [6.07, 6.45) is 9.93. The van der Waals surface area contributed by atoms with Crippen LogP contribution in [-0.2, 0) is 14.2 Å². The lowest BCUT2D eigenvalue weighted by molar-refractivity contribution is 0.00978. The van der Waals surface area contributed by atoms with E-state index in [4.69, 9.17) is 14.2 Å². The molecule has 1 aliphatic carbocycles. The van der Waals surface area contributed by atoms with Crippen molar-refractivity contribution in [3.63, 3.8) is 0 Å². The third-order valence-electron chi connectivity index (χ3n) is 5.92. The summed E-state index contributed by atoms with van der Waals surface area (Å²) in [5.41, 5.74) is 0.384. The van der Waals surface area contributed by atoms with Crippen molar-refractivity contribution in [3.05, 3.63) is 0 Å². The van der Waals surface area contributed by atoms with Crippen LogP contribution in [0.2, 0.25) is 0 Å². The number of hydrogen-bond donors (Lipinski definition) is 1. The first-order valence-electron chi connectivity index (χ1n) is 10.3. The molecule has 0 aromatic heterocycles. The highest BCUT2D eigenvalue weighted by atomic mass is 16.5. The molecule has 6 nitrogen and oxygen atoms in total. The molecule has 0 amide bonds. The van der Waals surface area contributed by atoms with E-state index in [1.807, 2.05) is 7.05 Å². The topological polar surface area (TPSA) is 55.3 Å². The van der Waals surface area contributed by atoms with E-state index in [2.05, 4.69) is 15.2 Å². The molecule has 2 rings (SSSR count). The molecule has 152 valence electrons. The molecule has 1 aliphatic heterocycles. The Bertz CT molecular complexity index is 403. The predicted octanol–water partition coefficient (Wildman–Crippen LogP) is 2.68. The molecule has 0 atom stereocenters. The van der Waals surface area contributed by atoms with Gasteiger partial charge in [-0.2, -0.15) is 0 Å². The van der Waals surface area contributed by atoms with Gasteiger partial charge in [-0.05, 0) is 43.9 Å². The molecule has 0 aromatic rings. The lowest BCUT2D eigenvalue weighted by atomic mass is 9.83. The Morgan fingerprint density at radius 2 is 1.77 bits per heavy atom. The lowest BCUT2D eigenvalue weighted by Crippen LogP contribution is -2.49. The Kier molecular flexibility index (Phi) is 9.72. The Morgan fingerprint density at radius 1 is 1.08 bits per heavy atom. The molecule has 1 heterocycles. The average Bonchev–Trinajstić information content (AvgIpc) is 3.14. The number of guanidine groups is 1. The molecule has 0 bridgehead atoms. The number of rotatable bonds is 10. The Hall–Kier alpha value is -0.850. The molecular weight excluding hydrogens is 330 g/mol. The summed E-state index contributed by atoms with van der Waals surface area (Å²) in [6.45, 7) is 5.47. The van der Waals surface area contributed by atoms with Crippen LogP contribution in [0.15, 0.2) is 4.99 Å². The standard InChI is InChI=1S/C20H39N3O3/c1-21-19(22-17-20(11-16-25-3)9-4-5-10-20)23-12-7-18(8-13-23)26-15-6-14-24-2/h18H,4-17H2,1-3H3,(H,21,22). The van der Waals surface area contributed by atoms with Crippen molar-refractivity contribution < 1.29 is 14.2 Å². The SMILES string of the molecule is CN=C(NCC1(CCOC)CCCC1)N1CCC(OCCCOC)CC1. The minimum Gasteiger partial charge on any atom is -0.385 e. The molecule has 1 saturated heterocycles. The fourth-order valence-electron chi connectivity index (χ4n) is 4.25. The van der Waals surface area contributed by atoms with E-state index in [1.165, 1.54) is 25.7 Å². The third-order valence-corrected chi connectivity index (χ3v) is 5.92. The van der Waals surface area contributed by atoms with Crippen molar-refractivity contribution in [3.8, 4) is 0 Å². The number of aliphatic imine (C=N–C) groups is 1. The zero-order chi connectivity index (χ0) is 18.7. The first kappa shape index (κ1) is 21.5. The van der Waals surface area contributed by atoms with Crippen molar-refractivity contribution in [1.29, 1.82) is 0 Å². The summed E-state index contributed by atoms with van der Waals surface area (Å²) in [4.78, 5) is 6.92. The zero-order valence-electron chi connectivity index (χ0n) is 17.1. The number of piperidine rings is 1. The van der Waals surface area contributed by atoms with Crippen LogP contribution in [0, 0.1) is 5.41 Å². The molecule has 1 N–H and O–H groups in total. The van der Waals surface area contributed by atoms with Gasteiger partial charge in [-0.15, -0.1) is 0 Å². The lowest BCUT2D eigenvalue weighted by Gasteiger charge is -2.36. The summed E-state index contributed by atoms with van der Waals surface area (Å²) in [7, 11) is 5.44. The Balaban J connectivity index is 1.73. The average molecular weight is 370 g/mol. The van der Waals surface area contributed by atoms with Gasteiger partial charge in [0.2, 0.25) is 0 Å². The van der Waals surface area contributed by atoms with E-state index in [0.717, 1.165) is 71.1 Å². The smallest absolute Gasteiger partial charge is 0.193 e. The van der Waals surface area contributed by atoms with Gasteiger partial charge in [-0.3, -0.25) is 4.99 Å². The second kappa shape index (κ2) is 11.8. The van der Waals surface area contributed by atoms with Gasteiger partial charge in [0.25, 0.3) is 0 Å². The highest BCUT2D eigenvalue weighted by molar-refractivity contribution is 5.80. The molecule has 1 saturated carbocycles. The van der Waals surface area contributed by atoms with E-state index >= 15 is 0 Å². The van der Waals surface area contributed by atoms with E-state index in [-0.39, 0.29) is 0 Å². The number of nitrogens with one attached hydrogen (secondary N) is 1. The van der Waals surface area contributed by atoms with Crippen molar-refractivity contribution in [2.75, 3.05) is 60.7 Å². The van der Waals surface area contributed by atoms with Gasteiger partial charge in [0.1, 0.15) is 0 Å². The summed E-state index contributed by atoms with van der Waals surface area (Å²) in [5.74, 6) is 1.05. The van der Waals surface area contributed by atoms with Crippen molar-refractivity contribution >= 4 is 5.96 Å². The van der Waals surface area contributed by atoms with E-state index < -0.39 is 0 Å². The van der Waals surface area contributed by atoms with Crippen LogP contribution in [0.4, 0.5) is 0 Å². The minimum atomic E-state index is 0.379. The monoisotopic (exact) mass is 369 g/mol. The number of likely N-dealkylation sites (tertiary alicyclic amines) is 1. The second-order valence-electron chi connectivity index (χ2n) is 7.75. The minimum absolute atomic E-state index is 0.379. The van der Waals surface area contributed by atoms with Gasteiger partial charge in [0.15, 0.2) is 5.96 Å². The largest absolute Gasteiger partial charge is 0.385 e. The summed E-state index contributed by atoms with van der Waals surface area (Å²) < 4.78 is 16.4. The van der Waals surface area contributed by atoms with Crippen LogP contribution in [0.1, 0.15) is 51.4 Å². The van der Waals surface area contributed by atoms with Crippen molar-refractivity contribution in [1.82, 2.24) is 10.2 Å². The van der Waals surface area contributed by atoms with Crippen LogP contribution in [0.5, 0.6) is 0 Å². The van der Waals surface area contributed by atoms with E-state index in [1.54, 1.807) is 14.2 Å². The third kappa shape index (κ3) is 6.71. The predicted molar refractivity (Wildman–Crippen MR) is 106 cm³/mol. The van der Waals surface area contributed by atoms with Crippen LogP contribution in [-0.4, -0.2) is 77.7 Å². The number of hydrogen-bond acceptors (Lipinski definition) is 4. The maximum atomic E-state index is 5.97. The molecule has 0 spiro atoms. The maximum Gasteiger partial charge on any atom is 0.193 e. The van der Waals surface area contributed by atoms with E-state index in [0.29, 0.717) is 11.5 Å². The Morgan fingerprint density at radius 3 is 2.38 bits per heavy atom.